The van der Waals surface area contributed by atoms with E-state index in [1.165, 1.54) is 0 Å². The maximum atomic E-state index is 12.8. The zero-order valence-corrected chi connectivity index (χ0v) is 11.2. The molecule has 0 bridgehead atoms. The van der Waals surface area contributed by atoms with E-state index in [1.807, 2.05) is 28.8 Å². The lowest BCUT2D eigenvalue weighted by Gasteiger charge is -2.04. The molecular weight excluding hydrogens is 266 g/mol. The van der Waals surface area contributed by atoms with Crippen molar-refractivity contribution in [1.82, 2.24) is 9.55 Å². The van der Waals surface area contributed by atoms with E-state index in [1.54, 1.807) is 18.3 Å². The summed E-state index contributed by atoms with van der Waals surface area (Å²) in [5.41, 5.74) is 7.50. The second kappa shape index (κ2) is 4.43. The van der Waals surface area contributed by atoms with Gasteiger partial charge in [-0.2, -0.15) is 0 Å². The van der Waals surface area contributed by atoms with E-state index >= 15 is 0 Å². The smallest absolute Gasteiger partial charge is 0.232 e. The third-order valence-corrected chi connectivity index (χ3v) is 3.71. The second-order valence-electron chi connectivity index (χ2n) is 4.92. The number of nitrogens with zero attached hydrogens (tertiary/aromatic N) is 2. The van der Waals surface area contributed by atoms with E-state index in [0.29, 0.717) is 35.3 Å². The van der Waals surface area contributed by atoms with Crippen LogP contribution in [0.2, 0.25) is 0 Å². The lowest BCUT2D eigenvalue weighted by atomic mass is 10.1. The van der Waals surface area contributed by atoms with Gasteiger partial charge in [-0.3, -0.25) is 4.79 Å². The highest BCUT2D eigenvalue weighted by Crippen LogP contribution is 2.28. The summed E-state index contributed by atoms with van der Waals surface area (Å²) in [5, 5.41) is 1.99. The molecule has 0 unspecified atom stereocenters. The van der Waals surface area contributed by atoms with Crippen LogP contribution in [0.25, 0.3) is 33.1 Å². The molecule has 4 aromatic rings. The molecule has 0 saturated carbocycles. The number of hydrogen-bond donors (Lipinski definition) is 1. The number of nitrogens with two attached hydrogens (primary N) is 1. The average Bonchev–Trinajstić information content (AvgIpc) is 2.83. The fraction of sp³-hybridized carbons (Fsp3) is 0.125. The SMILES string of the molecule is NCCn1c2ccccc2c2c(=O)c3cccnc3oc21. The van der Waals surface area contributed by atoms with Gasteiger partial charge in [0.15, 0.2) is 0 Å². The first kappa shape index (κ1) is 12.1. The van der Waals surface area contributed by atoms with E-state index in [9.17, 15) is 4.79 Å². The molecule has 0 aliphatic heterocycles. The van der Waals surface area contributed by atoms with Gasteiger partial charge in [0.2, 0.25) is 16.9 Å². The Morgan fingerprint density at radius 2 is 1.95 bits per heavy atom. The van der Waals surface area contributed by atoms with Gasteiger partial charge in [-0.15, -0.1) is 0 Å². The third-order valence-electron chi connectivity index (χ3n) is 3.71. The predicted molar refractivity (Wildman–Crippen MR) is 82.3 cm³/mol. The first-order valence-electron chi connectivity index (χ1n) is 6.80. The van der Waals surface area contributed by atoms with Gasteiger partial charge in [0.1, 0.15) is 0 Å². The molecule has 104 valence electrons. The molecule has 3 aromatic heterocycles. The molecule has 0 atom stereocenters. The van der Waals surface area contributed by atoms with E-state index in [-0.39, 0.29) is 5.43 Å². The predicted octanol–water partition coefficient (Wildman–Crippen LogP) is 2.25. The zero-order valence-electron chi connectivity index (χ0n) is 11.2. The highest BCUT2D eigenvalue weighted by Gasteiger charge is 2.17. The van der Waals surface area contributed by atoms with Crippen LogP contribution in [0.3, 0.4) is 0 Å². The first-order valence-corrected chi connectivity index (χ1v) is 6.80. The average molecular weight is 279 g/mol. The Morgan fingerprint density at radius 3 is 2.81 bits per heavy atom. The van der Waals surface area contributed by atoms with Crippen LogP contribution in [0.15, 0.2) is 51.8 Å². The Kier molecular flexibility index (Phi) is 2.55. The Labute approximate surface area is 119 Å². The van der Waals surface area contributed by atoms with Crippen molar-refractivity contribution < 1.29 is 4.42 Å². The fourth-order valence-electron chi connectivity index (χ4n) is 2.83. The Morgan fingerprint density at radius 1 is 1.14 bits per heavy atom. The van der Waals surface area contributed by atoms with Crippen LogP contribution in [-0.4, -0.2) is 16.1 Å². The number of rotatable bonds is 2. The van der Waals surface area contributed by atoms with Crippen molar-refractivity contribution in [3.05, 3.63) is 52.8 Å². The molecule has 0 fully saturated rings. The maximum absolute atomic E-state index is 12.8. The van der Waals surface area contributed by atoms with Crippen LogP contribution < -0.4 is 11.2 Å². The van der Waals surface area contributed by atoms with Crippen molar-refractivity contribution >= 4 is 33.1 Å². The summed E-state index contributed by atoms with van der Waals surface area (Å²) >= 11 is 0. The van der Waals surface area contributed by atoms with Gasteiger partial charge in [-0.05, 0) is 18.2 Å². The largest absolute Gasteiger partial charge is 0.421 e. The molecule has 1 aromatic carbocycles. The summed E-state index contributed by atoms with van der Waals surface area (Å²) in [4.78, 5) is 16.9. The Bertz CT molecular complexity index is 1030. The van der Waals surface area contributed by atoms with Crippen molar-refractivity contribution in [2.75, 3.05) is 6.54 Å². The van der Waals surface area contributed by atoms with Crippen molar-refractivity contribution in [1.29, 1.82) is 0 Å². The fourth-order valence-corrected chi connectivity index (χ4v) is 2.83. The highest BCUT2D eigenvalue weighted by atomic mass is 16.3. The summed E-state index contributed by atoms with van der Waals surface area (Å²) in [5.74, 6) is 0. The number of pyridine rings is 1. The number of para-hydroxylation sites is 1. The summed E-state index contributed by atoms with van der Waals surface area (Å²) in [6.07, 6.45) is 1.62. The Balaban J connectivity index is 2.32. The molecule has 21 heavy (non-hydrogen) atoms. The minimum atomic E-state index is -0.0497. The van der Waals surface area contributed by atoms with Gasteiger partial charge in [0.25, 0.3) is 0 Å². The molecule has 3 heterocycles. The van der Waals surface area contributed by atoms with Crippen molar-refractivity contribution in [2.45, 2.75) is 6.54 Å². The molecule has 4 rings (SSSR count). The van der Waals surface area contributed by atoms with Crippen molar-refractivity contribution in [3.8, 4) is 0 Å². The van der Waals surface area contributed by atoms with Crippen molar-refractivity contribution in [2.24, 2.45) is 5.73 Å². The minimum Gasteiger partial charge on any atom is -0.421 e. The molecule has 5 nitrogen and oxygen atoms in total. The van der Waals surface area contributed by atoms with Crippen LogP contribution in [0, 0.1) is 0 Å². The molecular formula is C16H13N3O2. The monoisotopic (exact) mass is 279 g/mol. The summed E-state index contributed by atoms with van der Waals surface area (Å²) in [6.45, 7) is 1.06. The van der Waals surface area contributed by atoms with Crippen molar-refractivity contribution in [3.63, 3.8) is 0 Å². The van der Waals surface area contributed by atoms with E-state index in [2.05, 4.69) is 4.98 Å². The molecule has 0 saturated heterocycles. The minimum absolute atomic E-state index is 0.0497. The van der Waals surface area contributed by atoms with Crippen LogP contribution in [0.4, 0.5) is 0 Å². The van der Waals surface area contributed by atoms with Crippen LogP contribution in [0.5, 0.6) is 0 Å². The van der Waals surface area contributed by atoms with E-state index in [0.717, 1.165) is 10.9 Å². The van der Waals surface area contributed by atoms with Crippen LogP contribution in [-0.2, 0) is 6.54 Å². The number of fused-ring (bicyclic) bond motifs is 4. The highest BCUT2D eigenvalue weighted by molar-refractivity contribution is 6.08. The lowest BCUT2D eigenvalue weighted by molar-refractivity contribution is 0.591. The van der Waals surface area contributed by atoms with Gasteiger partial charge in [-0.25, -0.2) is 4.98 Å². The quantitative estimate of drug-likeness (QED) is 0.610. The number of hydrogen-bond acceptors (Lipinski definition) is 4. The van der Waals surface area contributed by atoms with Gasteiger partial charge in [0.05, 0.1) is 16.3 Å². The molecule has 0 spiro atoms. The Hall–Kier alpha value is -2.66. The summed E-state index contributed by atoms with van der Waals surface area (Å²) in [7, 11) is 0. The number of benzene rings is 1. The van der Waals surface area contributed by atoms with E-state index < -0.39 is 0 Å². The standard InChI is InChI=1S/C16H13N3O2/c17-7-9-19-12-6-2-1-4-10(12)13-14(20)11-5-3-8-18-15(11)21-16(13)19/h1-6,8H,7,9,17H2. The van der Waals surface area contributed by atoms with Crippen LogP contribution >= 0.6 is 0 Å². The number of aromatic nitrogens is 2. The third kappa shape index (κ3) is 1.61. The summed E-state index contributed by atoms with van der Waals surface area (Å²) in [6, 6.07) is 11.2. The van der Waals surface area contributed by atoms with E-state index in [4.69, 9.17) is 10.2 Å². The lowest BCUT2D eigenvalue weighted by Crippen LogP contribution is -2.10. The van der Waals surface area contributed by atoms with Gasteiger partial charge >= 0.3 is 0 Å². The van der Waals surface area contributed by atoms with Crippen LogP contribution in [0.1, 0.15) is 0 Å². The zero-order chi connectivity index (χ0) is 14.4. The molecule has 0 aliphatic carbocycles. The van der Waals surface area contributed by atoms with Gasteiger partial charge < -0.3 is 14.7 Å². The molecule has 5 heteroatoms. The first-order chi connectivity index (χ1) is 10.3. The molecule has 0 amide bonds. The van der Waals surface area contributed by atoms with Gasteiger partial charge in [-0.1, -0.05) is 18.2 Å². The summed E-state index contributed by atoms with van der Waals surface area (Å²) < 4.78 is 7.84. The molecule has 2 N–H and O–H groups in total. The molecule has 0 aliphatic rings. The normalized spacial score (nSPS) is 11.7. The van der Waals surface area contributed by atoms with Gasteiger partial charge in [0, 0.05) is 24.7 Å². The second-order valence-corrected chi connectivity index (χ2v) is 4.92. The molecule has 0 radical (unpaired) electrons. The maximum Gasteiger partial charge on any atom is 0.232 e. The topological polar surface area (TPSA) is 74.0 Å².